The summed E-state index contributed by atoms with van der Waals surface area (Å²) in [5.74, 6) is 0. The third-order valence-electron chi connectivity index (χ3n) is 3.61. The molecule has 1 aromatic carbocycles. The molecule has 0 saturated carbocycles. The van der Waals surface area contributed by atoms with Crippen molar-refractivity contribution in [3.8, 4) is 0 Å². The predicted molar refractivity (Wildman–Crippen MR) is 79.7 cm³/mol. The molecule has 0 aliphatic carbocycles. The minimum Gasteiger partial charge on any atom is -0.225 e. The summed E-state index contributed by atoms with van der Waals surface area (Å²) >= 11 is 5.60. The van der Waals surface area contributed by atoms with Crippen LogP contribution in [0.3, 0.4) is 0 Å². The molecule has 0 amide bonds. The van der Waals surface area contributed by atoms with Crippen molar-refractivity contribution < 1.29 is 8.42 Å². The number of fused-ring (bicyclic) bond motifs is 1. The Kier molecular flexibility index (Phi) is 3.93. The molecule has 0 radical (unpaired) electrons. The molecule has 0 atom stereocenters. The highest BCUT2D eigenvalue weighted by atomic mass is 35.5. The van der Waals surface area contributed by atoms with Crippen molar-refractivity contribution in [3.05, 3.63) is 53.1 Å². The van der Waals surface area contributed by atoms with Crippen LogP contribution in [0.25, 0.3) is 0 Å². The largest absolute Gasteiger partial charge is 0.246 e. The SMILES string of the molecule is O=S(=O)(c1cnc(Cl)nc1)N1CCc2ccccc2CC1. The average Bonchev–Trinajstić information content (AvgIpc) is 2.70. The van der Waals surface area contributed by atoms with E-state index in [0.717, 1.165) is 0 Å². The van der Waals surface area contributed by atoms with Gasteiger partial charge in [0.1, 0.15) is 4.90 Å². The van der Waals surface area contributed by atoms with Gasteiger partial charge in [-0.1, -0.05) is 24.3 Å². The maximum absolute atomic E-state index is 12.6. The highest BCUT2D eigenvalue weighted by Gasteiger charge is 2.27. The van der Waals surface area contributed by atoms with Gasteiger partial charge in [0.05, 0.1) is 12.4 Å². The number of hydrogen-bond donors (Lipinski definition) is 0. The van der Waals surface area contributed by atoms with Gasteiger partial charge in [0.25, 0.3) is 0 Å². The van der Waals surface area contributed by atoms with Gasteiger partial charge in [-0.3, -0.25) is 0 Å². The molecular weight excluding hydrogens is 310 g/mol. The number of benzene rings is 1. The van der Waals surface area contributed by atoms with Crippen molar-refractivity contribution in [1.29, 1.82) is 0 Å². The first kappa shape index (κ1) is 14.4. The number of nitrogens with zero attached hydrogens (tertiary/aromatic N) is 3. The fourth-order valence-corrected chi connectivity index (χ4v) is 3.90. The summed E-state index contributed by atoms with van der Waals surface area (Å²) in [7, 11) is -3.57. The Balaban J connectivity index is 1.86. The van der Waals surface area contributed by atoms with Gasteiger partial charge in [0.2, 0.25) is 15.3 Å². The van der Waals surface area contributed by atoms with Crippen LogP contribution < -0.4 is 0 Å². The van der Waals surface area contributed by atoms with E-state index in [1.165, 1.54) is 27.8 Å². The van der Waals surface area contributed by atoms with Gasteiger partial charge >= 0.3 is 0 Å². The van der Waals surface area contributed by atoms with Gasteiger partial charge in [-0.05, 0) is 35.6 Å². The van der Waals surface area contributed by atoms with Crippen molar-refractivity contribution in [2.75, 3.05) is 13.1 Å². The van der Waals surface area contributed by atoms with E-state index in [1.54, 1.807) is 0 Å². The monoisotopic (exact) mass is 323 g/mol. The van der Waals surface area contributed by atoms with E-state index >= 15 is 0 Å². The van der Waals surface area contributed by atoms with E-state index in [4.69, 9.17) is 11.6 Å². The van der Waals surface area contributed by atoms with E-state index < -0.39 is 10.0 Å². The Labute approximate surface area is 128 Å². The summed E-state index contributed by atoms with van der Waals surface area (Å²) in [5, 5.41) is 0.0391. The molecule has 2 aromatic rings. The highest BCUT2D eigenvalue weighted by molar-refractivity contribution is 7.89. The fraction of sp³-hybridized carbons (Fsp3) is 0.286. The van der Waals surface area contributed by atoms with Crippen molar-refractivity contribution in [1.82, 2.24) is 14.3 Å². The van der Waals surface area contributed by atoms with Crippen LogP contribution in [0.2, 0.25) is 5.28 Å². The van der Waals surface area contributed by atoms with Crippen molar-refractivity contribution in [2.24, 2.45) is 0 Å². The molecule has 5 nitrogen and oxygen atoms in total. The quantitative estimate of drug-likeness (QED) is 0.792. The van der Waals surface area contributed by atoms with E-state index in [-0.39, 0.29) is 10.2 Å². The molecular formula is C14H14ClN3O2S. The van der Waals surface area contributed by atoms with Crippen molar-refractivity contribution in [3.63, 3.8) is 0 Å². The molecule has 0 N–H and O–H groups in total. The Hall–Kier alpha value is -1.50. The van der Waals surface area contributed by atoms with Crippen LogP contribution in [0.4, 0.5) is 0 Å². The first-order chi connectivity index (χ1) is 10.1. The zero-order valence-corrected chi connectivity index (χ0v) is 12.8. The third-order valence-corrected chi connectivity index (χ3v) is 5.66. The second-order valence-corrected chi connectivity index (χ2v) is 7.14. The van der Waals surface area contributed by atoms with Crippen molar-refractivity contribution in [2.45, 2.75) is 17.7 Å². The minimum atomic E-state index is -3.57. The maximum atomic E-state index is 12.6. The first-order valence-corrected chi connectivity index (χ1v) is 8.43. The third kappa shape index (κ3) is 2.92. The molecule has 1 aliphatic heterocycles. The molecule has 21 heavy (non-hydrogen) atoms. The average molecular weight is 324 g/mol. The number of sulfonamides is 1. The van der Waals surface area contributed by atoms with E-state index in [1.807, 2.05) is 12.1 Å². The number of rotatable bonds is 2. The zero-order valence-electron chi connectivity index (χ0n) is 11.2. The summed E-state index contributed by atoms with van der Waals surface area (Å²) in [6.07, 6.45) is 3.93. The number of halogens is 1. The van der Waals surface area contributed by atoms with Crippen LogP contribution >= 0.6 is 11.6 Å². The van der Waals surface area contributed by atoms with Gasteiger partial charge in [-0.2, -0.15) is 4.31 Å². The van der Waals surface area contributed by atoms with Crippen molar-refractivity contribution >= 4 is 21.6 Å². The molecule has 0 fully saturated rings. The van der Waals surface area contributed by atoms with Gasteiger partial charge in [-0.15, -0.1) is 0 Å². The lowest BCUT2D eigenvalue weighted by molar-refractivity contribution is 0.426. The Morgan fingerprint density at radius 2 is 1.52 bits per heavy atom. The number of hydrogen-bond acceptors (Lipinski definition) is 4. The first-order valence-electron chi connectivity index (χ1n) is 6.62. The lowest BCUT2D eigenvalue weighted by Crippen LogP contribution is -2.33. The van der Waals surface area contributed by atoms with Crippen LogP contribution in [0.1, 0.15) is 11.1 Å². The molecule has 0 bridgehead atoms. The van der Waals surface area contributed by atoms with Crippen LogP contribution in [0, 0.1) is 0 Å². The van der Waals surface area contributed by atoms with Gasteiger partial charge in [-0.25, -0.2) is 18.4 Å². The van der Waals surface area contributed by atoms with Crippen LogP contribution in [-0.2, 0) is 22.9 Å². The molecule has 0 unspecified atom stereocenters. The van der Waals surface area contributed by atoms with Crippen LogP contribution in [-0.4, -0.2) is 35.8 Å². The predicted octanol–water partition coefficient (Wildman–Crippen LogP) is 1.92. The summed E-state index contributed by atoms with van der Waals surface area (Å²) in [6.45, 7) is 0.921. The molecule has 2 heterocycles. The summed E-state index contributed by atoms with van der Waals surface area (Å²) in [5.41, 5.74) is 2.42. The molecule has 7 heteroatoms. The maximum Gasteiger partial charge on any atom is 0.246 e. The van der Waals surface area contributed by atoms with Gasteiger partial charge in [0.15, 0.2) is 0 Å². The number of aromatic nitrogens is 2. The Morgan fingerprint density at radius 3 is 2.05 bits per heavy atom. The highest BCUT2D eigenvalue weighted by Crippen LogP contribution is 2.21. The Bertz CT molecular complexity index is 720. The fourth-order valence-electron chi connectivity index (χ4n) is 2.47. The molecule has 3 rings (SSSR count). The van der Waals surface area contributed by atoms with Gasteiger partial charge < -0.3 is 0 Å². The van der Waals surface area contributed by atoms with E-state index in [2.05, 4.69) is 22.1 Å². The molecule has 1 aromatic heterocycles. The Morgan fingerprint density at radius 1 is 1.00 bits per heavy atom. The lowest BCUT2D eigenvalue weighted by atomic mass is 10.0. The topological polar surface area (TPSA) is 63.2 Å². The smallest absolute Gasteiger partial charge is 0.225 e. The molecule has 0 saturated heterocycles. The zero-order chi connectivity index (χ0) is 14.9. The molecule has 1 aliphatic rings. The van der Waals surface area contributed by atoms with Gasteiger partial charge in [0, 0.05) is 13.1 Å². The minimum absolute atomic E-state index is 0.0391. The molecule has 0 spiro atoms. The standard InChI is InChI=1S/C14H14ClN3O2S/c15-14-16-9-13(10-17-14)21(19,20)18-7-5-11-3-1-2-4-12(11)6-8-18/h1-4,9-10H,5-8H2. The lowest BCUT2D eigenvalue weighted by Gasteiger charge is -2.19. The summed E-state index contributed by atoms with van der Waals surface area (Å²) < 4.78 is 26.7. The van der Waals surface area contributed by atoms with Crippen LogP contribution in [0.5, 0.6) is 0 Å². The second kappa shape index (κ2) is 5.71. The second-order valence-electron chi connectivity index (χ2n) is 4.86. The van der Waals surface area contributed by atoms with E-state index in [9.17, 15) is 8.42 Å². The normalized spacial score (nSPS) is 16.2. The summed E-state index contributed by atoms with van der Waals surface area (Å²) in [4.78, 5) is 7.58. The molecule has 110 valence electrons. The van der Waals surface area contributed by atoms with E-state index in [0.29, 0.717) is 25.9 Å². The van der Waals surface area contributed by atoms with Crippen LogP contribution in [0.15, 0.2) is 41.6 Å². The summed E-state index contributed by atoms with van der Waals surface area (Å²) in [6, 6.07) is 8.07.